The third-order valence-corrected chi connectivity index (χ3v) is 2.99. The number of aromatic nitrogens is 2. The van der Waals surface area contributed by atoms with Crippen LogP contribution in [0.4, 0.5) is 17.3 Å². The second-order valence-electron chi connectivity index (χ2n) is 4.42. The number of anilines is 3. The lowest BCUT2D eigenvalue weighted by molar-refractivity contribution is 0.0996. The fourth-order valence-electron chi connectivity index (χ4n) is 1.68. The van der Waals surface area contributed by atoms with Crippen molar-refractivity contribution in [2.24, 2.45) is 5.73 Å². The predicted molar refractivity (Wildman–Crippen MR) is 86.3 cm³/mol. The van der Waals surface area contributed by atoms with Crippen LogP contribution in [0.25, 0.3) is 0 Å². The van der Waals surface area contributed by atoms with Crippen molar-refractivity contribution in [2.75, 3.05) is 17.2 Å². The first-order valence-electron chi connectivity index (χ1n) is 6.57. The second-order valence-corrected chi connectivity index (χ2v) is 4.93. The van der Waals surface area contributed by atoms with Gasteiger partial charge >= 0.3 is 0 Å². The van der Waals surface area contributed by atoms with Crippen molar-refractivity contribution in [3.63, 3.8) is 0 Å². The summed E-state index contributed by atoms with van der Waals surface area (Å²) in [6.45, 7) is 2.83. The number of thiol groups is 1. The monoisotopic (exact) mass is 303 g/mol. The molecule has 0 aliphatic rings. The molecular formula is C14H17N5OS. The smallest absolute Gasteiger partial charge is 0.271 e. The molecule has 0 saturated heterocycles. The quantitative estimate of drug-likeness (QED) is 0.615. The van der Waals surface area contributed by atoms with Crippen molar-refractivity contribution in [1.29, 1.82) is 0 Å². The third-order valence-electron chi connectivity index (χ3n) is 2.69. The molecule has 7 heteroatoms. The zero-order valence-electron chi connectivity index (χ0n) is 11.6. The van der Waals surface area contributed by atoms with Crippen molar-refractivity contribution in [3.8, 4) is 0 Å². The van der Waals surface area contributed by atoms with Crippen LogP contribution in [0.15, 0.2) is 35.4 Å². The van der Waals surface area contributed by atoms with Gasteiger partial charge in [-0.3, -0.25) is 4.79 Å². The van der Waals surface area contributed by atoms with Crippen LogP contribution < -0.4 is 16.4 Å². The van der Waals surface area contributed by atoms with Crippen LogP contribution in [-0.2, 0) is 0 Å². The molecule has 0 spiro atoms. The molecule has 0 aliphatic carbocycles. The minimum atomic E-state index is -0.627. The van der Waals surface area contributed by atoms with E-state index in [1.807, 2.05) is 24.3 Å². The highest BCUT2D eigenvalue weighted by molar-refractivity contribution is 7.80. The SMILES string of the molecule is CCCNc1cnc(C(N)=O)c(Nc2ccc(S)cc2)n1. The summed E-state index contributed by atoms with van der Waals surface area (Å²) in [5.74, 6) is 0.295. The Hall–Kier alpha value is -2.28. The molecule has 0 aliphatic heterocycles. The highest BCUT2D eigenvalue weighted by Crippen LogP contribution is 2.20. The van der Waals surface area contributed by atoms with Gasteiger partial charge in [0.1, 0.15) is 5.82 Å². The van der Waals surface area contributed by atoms with Gasteiger partial charge in [0.25, 0.3) is 5.91 Å². The minimum Gasteiger partial charge on any atom is -0.369 e. The van der Waals surface area contributed by atoms with Crippen LogP contribution in [0.3, 0.4) is 0 Å². The molecule has 1 aromatic heterocycles. The van der Waals surface area contributed by atoms with Gasteiger partial charge in [0.2, 0.25) is 0 Å². The van der Waals surface area contributed by atoms with Crippen molar-refractivity contribution < 1.29 is 4.79 Å². The van der Waals surface area contributed by atoms with Gasteiger partial charge in [-0.15, -0.1) is 12.6 Å². The van der Waals surface area contributed by atoms with E-state index in [1.165, 1.54) is 6.20 Å². The lowest BCUT2D eigenvalue weighted by atomic mass is 10.3. The van der Waals surface area contributed by atoms with Crippen molar-refractivity contribution >= 4 is 35.9 Å². The summed E-state index contributed by atoms with van der Waals surface area (Å²) in [5, 5.41) is 6.17. The molecule has 0 radical (unpaired) electrons. The van der Waals surface area contributed by atoms with Gasteiger partial charge in [0, 0.05) is 17.1 Å². The molecule has 2 rings (SSSR count). The molecule has 0 fully saturated rings. The number of carbonyl (C=O) groups excluding carboxylic acids is 1. The Morgan fingerprint density at radius 2 is 2.05 bits per heavy atom. The molecule has 1 heterocycles. The number of nitrogens with one attached hydrogen (secondary N) is 2. The van der Waals surface area contributed by atoms with Crippen molar-refractivity contribution in [3.05, 3.63) is 36.2 Å². The highest BCUT2D eigenvalue weighted by atomic mass is 32.1. The molecule has 0 bridgehead atoms. The Morgan fingerprint density at radius 1 is 1.33 bits per heavy atom. The first-order chi connectivity index (χ1) is 10.1. The lowest BCUT2D eigenvalue weighted by Gasteiger charge is -2.11. The zero-order valence-corrected chi connectivity index (χ0v) is 12.5. The fourth-order valence-corrected chi connectivity index (χ4v) is 1.83. The maximum absolute atomic E-state index is 11.4. The summed E-state index contributed by atoms with van der Waals surface area (Å²) in [7, 11) is 0. The number of rotatable bonds is 6. The van der Waals surface area contributed by atoms with Gasteiger partial charge < -0.3 is 16.4 Å². The topological polar surface area (TPSA) is 92.9 Å². The maximum atomic E-state index is 11.4. The van der Waals surface area contributed by atoms with E-state index in [2.05, 4.69) is 40.2 Å². The standard InChI is InChI=1S/C14H17N5OS/c1-2-7-16-11-8-17-12(13(15)20)14(19-11)18-9-3-5-10(21)6-4-9/h3-6,8,21H,2,7H2,1H3,(H2,15,20)(H2,16,18,19). The van der Waals surface area contributed by atoms with Crippen molar-refractivity contribution in [1.82, 2.24) is 9.97 Å². The van der Waals surface area contributed by atoms with Gasteiger partial charge in [-0.05, 0) is 30.7 Å². The number of hydrogen-bond acceptors (Lipinski definition) is 6. The van der Waals surface area contributed by atoms with Crippen LogP contribution >= 0.6 is 12.6 Å². The highest BCUT2D eigenvalue weighted by Gasteiger charge is 2.13. The average Bonchev–Trinajstić information content (AvgIpc) is 2.47. The zero-order chi connectivity index (χ0) is 15.2. The van der Waals surface area contributed by atoms with E-state index in [9.17, 15) is 4.79 Å². The lowest BCUT2D eigenvalue weighted by Crippen LogP contribution is -2.17. The summed E-state index contributed by atoms with van der Waals surface area (Å²) in [6, 6.07) is 7.34. The van der Waals surface area contributed by atoms with E-state index in [-0.39, 0.29) is 5.69 Å². The van der Waals surface area contributed by atoms with E-state index >= 15 is 0 Å². The van der Waals surface area contributed by atoms with Crippen LogP contribution in [0.1, 0.15) is 23.8 Å². The average molecular weight is 303 g/mol. The Balaban J connectivity index is 2.29. The summed E-state index contributed by atoms with van der Waals surface area (Å²) in [4.78, 5) is 20.7. The summed E-state index contributed by atoms with van der Waals surface area (Å²) in [6.07, 6.45) is 2.46. The molecule has 0 saturated carbocycles. The van der Waals surface area contributed by atoms with E-state index in [0.717, 1.165) is 23.5 Å². The van der Waals surface area contributed by atoms with Crippen LogP contribution in [0, 0.1) is 0 Å². The fraction of sp³-hybridized carbons (Fsp3) is 0.214. The molecule has 2 aromatic rings. The first kappa shape index (κ1) is 15.1. The van der Waals surface area contributed by atoms with Crippen LogP contribution in [0.2, 0.25) is 0 Å². The number of carbonyl (C=O) groups is 1. The molecule has 1 amide bonds. The van der Waals surface area contributed by atoms with Gasteiger partial charge in [-0.25, -0.2) is 9.97 Å². The van der Waals surface area contributed by atoms with E-state index in [0.29, 0.717) is 11.6 Å². The second kappa shape index (κ2) is 6.94. The van der Waals surface area contributed by atoms with Gasteiger partial charge in [0.05, 0.1) is 6.20 Å². The Morgan fingerprint density at radius 3 is 2.67 bits per heavy atom. The Labute approximate surface area is 128 Å². The predicted octanol–water partition coefficient (Wildman–Crippen LogP) is 2.43. The molecule has 0 unspecified atom stereocenters. The normalized spacial score (nSPS) is 10.2. The van der Waals surface area contributed by atoms with Crippen LogP contribution in [0.5, 0.6) is 0 Å². The van der Waals surface area contributed by atoms with Crippen LogP contribution in [-0.4, -0.2) is 22.4 Å². The number of nitrogens with two attached hydrogens (primary N) is 1. The molecular weight excluding hydrogens is 286 g/mol. The van der Waals surface area contributed by atoms with Gasteiger partial charge in [-0.1, -0.05) is 6.92 Å². The molecule has 1 aromatic carbocycles. The first-order valence-corrected chi connectivity index (χ1v) is 7.01. The minimum absolute atomic E-state index is 0.104. The molecule has 0 atom stereocenters. The van der Waals surface area contributed by atoms with Crippen molar-refractivity contribution in [2.45, 2.75) is 18.2 Å². The largest absolute Gasteiger partial charge is 0.369 e. The summed E-state index contributed by atoms with van der Waals surface area (Å²) >= 11 is 4.23. The molecule has 6 nitrogen and oxygen atoms in total. The van der Waals surface area contributed by atoms with E-state index in [4.69, 9.17) is 5.73 Å². The summed E-state index contributed by atoms with van der Waals surface area (Å²) < 4.78 is 0. The Bertz CT molecular complexity index is 630. The summed E-state index contributed by atoms with van der Waals surface area (Å²) in [5.41, 5.74) is 6.21. The molecule has 21 heavy (non-hydrogen) atoms. The maximum Gasteiger partial charge on any atom is 0.271 e. The number of primary amides is 1. The van der Waals surface area contributed by atoms with Gasteiger partial charge in [0.15, 0.2) is 11.5 Å². The van der Waals surface area contributed by atoms with E-state index in [1.54, 1.807) is 0 Å². The van der Waals surface area contributed by atoms with E-state index < -0.39 is 5.91 Å². The number of benzene rings is 1. The third kappa shape index (κ3) is 4.09. The number of nitrogens with zero attached hydrogens (tertiary/aromatic N) is 2. The number of hydrogen-bond donors (Lipinski definition) is 4. The Kier molecular flexibility index (Phi) is 4.99. The van der Waals surface area contributed by atoms with Gasteiger partial charge in [-0.2, -0.15) is 0 Å². The number of amides is 1. The molecule has 4 N–H and O–H groups in total. The molecule has 110 valence electrons.